The molecule has 0 fully saturated rings. The Hall–Kier alpha value is -3.15. The number of carbonyl (C=O) groups is 1. The van der Waals surface area contributed by atoms with Gasteiger partial charge >= 0.3 is 6.09 Å². The van der Waals surface area contributed by atoms with Gasteiger partial charge in [-0.25, -0.2) is 4.79 Å². The second-order valence-electron chi connectivity index (χ2n) is 8.38. The van der Waals surface area contributed by atoms with Crippen LogP contribution >= 0.6 is 24.0 Å². The van der Waals surface area contributed by atoms with Crippen LogP contribution in [0.4, 0.5) is 10.5 Å². The van der Waals surface area contributed by atoms with Gasteiger partial charge in [-0.05, 0) is 57.0 Å². The van der Waals surface area contributed by atoms with Gasteiger partial charge in [0.05, 0.1) is 6.54 Å². The molecule has 0 radical (unpaired) electrons. The number of aromatic nitrogens is 3. The fourth-order valence-electron chi connectivity index (χ4n) is 3.07. The van der Waals surface area contributed by atoms with Crippen molar-refractivity contribution in [1.82, 2.24) is 25.4 Å². The number of guanidine groups is 1. The van der Waals surface area contributed by atoms with Crippen LogP contribution in [0.1, 0.15) is 32.2 Å². The highest BCUT2D eigenvalue weighted by molar-refractivity contribution is 14.0. The third-order valence-electron chi connectivity index (χ3n) is 4.60. The van der Waals surface area contributed by atoms with E-state index in [0.29, 0.717) is 24.7 Å². The molecule has 3 aromatic rings. The summed E-state index contributed by atoms with van der Waals surface area (Å²) >= 11 is 0. The van der Waals surface area contributed by atoms with E-state index in [1.165, 1.54) is 0 Å². The van der Waals surface area contributed by atoms with Gasteiger partial charge in [0, 0.05) is 25.0 Å². The Morgan fingerprint density at radius 1 is 1.06 bits per heavy atom. The molecule has 1 aromatic heterocycles. The summed E-state index contributed by atoms with van der Waals surface area (Å²) in [5.74, 6) is 1.47. The lowest BCUT2D eigenvalue weighted by atomic mass is 10.1. The van der Waals surface area contributed by atoms with Crippen molar-refractivity contribution in [3.8, 4) is 5.69 Å². The number of rotatable bonds is 7. The molecule has 0 unspecified atom stereocenters. The highest BCUT2D eigenvalue weighted by Gasteiger charge is 2.16. The summed E-state index contributed by atoms with van der Waals surface area (Å²) in [6, 6.07) is 17.6. The number of anilines is 1. The van der Waals surface area contributed by atoms with Gasteiger partial charge in [0.15, 0.2) is 11.8 Å². The molecule has 9 nitrogen and oxygen atoms in total. The summed E-state index contributed by atoms with van der Waals surface area (Å²) < 4.78 is 7.21. The molecule has 0 bridgehead atoms. The van der Waals surface area contributed by atoms with Gasteiger partial charge in [0.25, 0.3) is 0 Å². The number of amides is 1. The Morgan fingerprint density at radius 3 is 2.41 bits per heavy atom. The normalized spacial score (nSPS) is 11.4. The average Bonchev–Trinajstić information content (AvgIpc) is 3.25. The van der Waals surface area contributed by atoms with Crippen LogP contribution in [-0.2, 0) is 17.7 Å². The van der Waals surface area contributed by atoms with Crippen LogP contribution in [0.2, 0.25) is 0 Å². The fourth-order valence-corrected chi connectivity index (χ4v) is 3.07. The van der Waals surface area contributed by atoms with Crippen molar-refractivity contribution in [2.75, 3.05) is 18.9 Å². The number of ether oxygens (including phenoxy) is 1. The van der Waals surface area contributed by atoms with Gasteiger partial charge in [0.1, 0.15) is 11.9 Å². The molecular formula is C24H32IN7O2. The molecule has 182 valence electrons. The summed E-state index contributed by atoms with van der Waals surface area (Å²) in [5, 5.41) is 17.5. The fraction of sp³-hybridized carbons (Fsp3) is 0.333. The topological polar surface area (TPSA) is 105 Å². The molecule has 1 heterocycles. The van der Waals surface area contributed by atoms with E-state index in [9.17, 15) is 4.79 Å². The monoisotopic (exact) mass is 577 g/mol. The first-order valence-corrected chi connectivity index (χ1v) is 10.8. The van der Waals surface area contributed by atoms with E-state index in [1.54, 1.807) is 13.4 Å². The molecule has 0 atom stereocenters. The van der Waals surface area contributed by atoms with E-state index in [4.69, 9.17) is 4.74 Å². The lowest BCUT2D eigenvalue weighted by Crippen LogP contribution is -2.38. The number of para-hydroxylation sites is 1. The van der Waals surface area contributed by atoms with E-state index in [1.807, 2.05) is 79.9 Å². The first kappa shape index (κ1) is 27.1. The molecule has 2 aromatic carbocycles. The number of nitrogens with zero attached hydrogens (tertiary/aromatic N) is 4. The molecule has 0 saturated heterocycles. The Labute approximate surface area is 217 Å². The predicted octanol–water partition coefficient (Wildman–Crippen LogP) is 4.14. The Balaban J connectivity index is 0.00000408. The van der Waals surface area contributed by atoms with E-state index in [2.05, 4.69) is 31.1 Å². The lowest BCUT2D eigenvalue weighted by Gasteiger charge is -2.19. The molecule has 3 rings (SSSR count). The second-order valence-corrected chi connectivity index (χ2v) is 8.38. The highest BCUT2D eigenvalue weighted by Crippen LogP contribution is 2.13. The van der Waals surface area contributed by atoms with Crippen LogP contribution in [0.5, 0.6) is 0 Å². The molecule has 0 aliphatic heterocycles. The standard InChI is InChI=1S/C24H31N7O2.HI/c1-24(2,3)33-23(32)29-19-12-10-18(11-13-19)14-15-26-22(25-4)27-16-21-30-28-17-31(21)20-8-6-5-7-9-20;/h5-13,17H,14-16H2,1-4H3,(H,29,32)(H2,25,26,27);1H. The molecule has 0 spiro atoms. The number of benzene rings is 2. The smallest absolute Gasteiger partial charge is 0.412 e. The van der Waals surface area contributed by atoms with Crippen LogP contribution in [0.15, 0.2) is 65.9 Å². The maximum absolute atomic E-state index is 11.9. The van der Waals surface area contributed by atoms with Gasteiger partial charge in [-0.2, -0.15) is 0 Å². The summed E-state index contributed by atoms with van der Waals surface area (Å²) in [6.45, 7) is 6.68. The quantitative estimate of drug-likeness (QED) is 0.222. The largest absolute Gasteiger partial charge is 0.444 e. The van der Waals surface area contributed by atoms with Crippen molar-refractivity contribution >= 4 is 41.7 Å². The van der Waals surface area contributed by atoms with Gasteiger partial charge < -0.3 is 15.4 Å². The van der Waals surface area contributed by atoms with Crippen molar-refractivity contribution in [3.63, 3.8) is 0 Å². The van der Waals surface area contributed by atoms with E-state index < -0.39 is 11.7 Å². The van der Waals surface area contributed by atoms with Gasteiger partial charge in [-0.3, -0.25) is 14.9 Å². The minimum Gasteiger partial charge on any atom is -0.444 e. The number of aliphatic imine (C=N–C) groups is 1. The Bertz CT molecular complexity index is 1060. The van der Waals surface area contributed by atoms with Crippen LogP contribution in [0, 0.1) is 0 Å². The third-order valence-corrected chi connectivity index (χ3v) is 4.60. The van der Waals surface area contributed by atoms with Crippen LogP contribution < -0.4 is 16.0 Å². The van der Waals surface area contributed by atoms with E-state index >= 15 is 0 Å². The highest BCUT2D eigenvalue weighted by atomic mass is 127. The van der Waals surface area contributed by atoms with Crippen LogP contribution in [0.25, 0.3) is 5.69 Å². The first-order valence-electron chi connectivity index (χ1n) is 10.8. The number of hydrogen-bond acceptors (Lipinski definition) is 5. The van der Waals surface area contributed by atoms with Crippen molar-refractivity contribution in [2.45, 2.75) is 39.3 Å². The van der Waals surface area contributed by atoms with Crippen molar-refractivity contribution < 1.29 is 9.53 Å². The van der Waals surface area contributed by atoms with Gasteiger partial charge in [0.2, 0.25) is 0 Å². The molecule has 0 aliphatic carbocycles. The van der Waals surface area contributed by atoms with Gasteiger partial charge in [-0.15, -0.1) is 34.2 Å². The molecule has 1 amide bonds. The molecule has 0 aliphatic rings. The molecular weight excluding hydrogens is 545 g/mol. The van der Waals surface area contributed by atoms with Crippen molar-refractivity contribution in [3.05, 3.63) is 72.3 Å². The van der Waals surface area contributed by atoms with Crippen LogP contribution in [0.3, 0.4) is 0 Å². The van der Waals surface area contributed by atoms with Crippen molar-refractivity contribution in [2.24, 2.45) is 4.99 Å². The van der Waals surface area contributed by atoms with E-state index in [-0.39, 0.29) is 24.0 Å². The lowest BCUT2D eigenvalue weighted by molar-refractivity contribution is 0.0636. The number of hydrogen-bond donors (Lipinski definition) is 3. The minimum absolute atomic E-state index is 0. The zero-order valence-corrected chi connectivity index (χ0v) is 22.2. The van der Waals surface area contributed by atoms with E-state index in [0.717, 1.165) is 23.5 Å². The van der Waals surface area contributed by atoms with Crippen molar-refractivity contribution in [1.29, 1.82) is 0 Å². The minimum atomic E-state index is -0.528. The molecule has 0 saturated carbocycles. The SMILES string of the molecule is CN=C(NCCc1ccc(NC(=O)OC(C)(C)C)cc1)NCc1nncn1-c1ccccc1.I. The summed E-state index contributed by atoms with van der Waals surface area (Å²) in [4.78, 5) is 16.1. The number of nitrogens with one attached hydrogen (secondary N) is 3. The number of carbonyl (C=O) groups excluding carboxylic acids is 1. The zero-order valence-electron chi connectivity index (χ0n) is 19.9. The average molecular weight is 577 g/mol. The maximum Gasteiger partial charge on any atom is 0.412 e. The first-order chi connectivity index (χ1) is 15.8. The Kier molecular flexibility index (Phi) is 10.3. The second kappa shape index (κ2) is 12.9. The predicted molar refractivity (Wildman–Crippen MR) is 145 cm³/mol. The third kappa shape index (κ3) is 8.65. The number of halogens is 1. The molecule has 3 N–H and O–H groups in total. The maximum atomic E-state index is 11.9. The zero-order chi connectivity index (χ0) is 23.7. The summed E-state index contributed by atoms with van der Waals surface area (Å²) in [7, 11) is 1.73. The summed E-state index contributed by atoms with van der Waals surface area (Å²) in [5.41, 5.74) is 2.31. The summed E-state index contributed by atoms with van der Waals surface area (Å²) in [6.07, 6.45) is 2.03. The van der Waals surface area contributed by atoms with Gasteiger partial charge in [-0.1, -0.05) is 30.3 Å². The molecule has 10 heteroatoms. The van der Waals surface area contributed by atoms with Crippen LogP contribution in [-0.4, -0.2) is 46.0 Å². The molecule has 34 heavy (non-hydrogen) atoms. The Morgan fingerprint density at radius 2 is 1.76 bits per heavy atom.